The highest BCUT2D eigenvalue weighted by atomic mass is 16.5. The zero-order valence-corrected chi connectivity index (χ0v) is 16.4. The molecule has 0 saturated heterocycles. The van der Waals surface area contributed by atoms with E-state index in [1.807, 2.05) is 6.20 Å². The number of nitrogens with one attached hydrogen (secondary N) is 1. The van der Waals surface area contributed by atoms with Crippen molar-refractivity contribution in [1.29, 1.82) is 0 Å². The van der Waals surface area contributed by atoms with Crippen LogP contribution in [0, 0.1) is 12.3 Å². The first-order chi connectivity index (χ1) is 14.0. The minimum absolute atomic E-state index is 0.0996. The molecular formula is C23H24N4O2. The number of primary amides is 1. The molecule has 3 aromatic rings. The molecule has 0 radical (unpaired) electrons. The van der Waals surface area contributed by atoms with E-state index >= 15 is 0 Å². The number of hydrogen-bond acceptors (Lipinski definition) is 5. The molecule has 2 aliphatic rings. The number of fused-ring (bicyclic) bond motifs is 1. The van der Waals surface area contributed by atoms with Crippen LogP contribution in [0.5, 0.6) is 5.88 Å². The molecule has 2 heterocycles. The maximum atomic E-state index is 11.5. The SMILES string of the molecule is Cc1ccc2c(NC3CC4(C3)CC(Oc3ncccc3C(N)=O)C4)nccc2c1. The fraction of sp³-hybridized carbons (Fsp3) is 0.348. The van der Waals surface area contributed by atoms with E-state index in [0.717, 1.165) is 31.5 Å². The fourth-order valence-electron chi connectivity index (χ4n) is 4.85. The first kappa shape index (κ1) is 17.9. The molecule has 5 rings (SSSR count). The van der Waals surface area contributed by atoms with Crippen molar-refractivity contribution in [1.82, 2.24) is 9.97 Å². The molecule has 2 fully saturated rings. The zero-order chi connectivity index (χ0) is 20.0. The van der Waals surface area contributed by atoms with Gasteiger partial charge in [-0.2, -0.15) is 0 Å². The summed E-state index contributed by atoms with van der Waals surface area (Å²) in [4.78, 5) is 20.3. The second-order valence-corrected chi connectivity index (χ2v) is 8.50. The van der Waals surface area contributed by atoms with Gasteiger partial charge in [0.15, 0.2) is 0 Å². The number of carbonyl (C=O) groups excluding carboxylic acids is 1. The first-order valence-electron chi connectivity index (χ1n) is 10.0. The highest BCUT2D eigenvalue weighted by molar-refractivity contribution is 5.95. The number of carbonyl (C=O) groups is 1. The van der Waals surface area contributed by atoms with Crippen LogP contribution in [0.15, 0.2) is 48.8 Å². The van der Waals surface area contributed by atoms with Gasteiger partial charge in [-0.1, -0.05) is 23.8 Å². The fourth-order valence-corrected chi connectivity index (χ4v) is 4.85. The van der Waals surface area contributed by atoms with Crippen LogP contribution in [0.2, 0.25) is 0 Å². The Bertz CT molecular complexity index is 1080. The Morgan fingerprint density at radius 1 is 1.14 bits per heavy atom. The minimum Gasteiger partial charge on any atom is -0.474 e. The average molecular weight is 388 g/mol. The Balaban J connectivity index is 1.19. The summed E-state index contributed by atoms with van der Waals surface area (Å²) in [6.07, 6.45) is 7.79. The van der Waals surface area contributed by atoms with Crippen molar-refractivity contribution in [3.63, 3.8) is 0 Å². The van der Waals surface area contributed by atoms with Crippen LogP contribution >= 0.6 is 0 Å². The van der Waals surface area contributed by atoms with E-state index in [4.69, 9.17) is 10.5 Å². The van der Waals surface area contributed by atoms with Gasteiger partial charge in [0.2, 0.25) is 5.88 Å². The van der Waals surface area contributed by atoms with Gasteiger partial charge in [0.25, 0.3) is 5.91 Å². The normalized spacial score (nSPS) is 25.3. The van der Waals surface area contributed by atoms with Gasteiger partial charge < -0.3 is 15.8 Å². The van der Waals surface area contributed by atoms with E-state index in [0.29, 0.717) is 22.9 Å². The van der Waals surface area contributed by atoms with Gasteiger partial charge in [-0.25, -0.2) is 9.97 Å². The Morgan fingerprint density at radius 2 is 1.97 bits per heavy atom. The Morgan fingerprint density at radius 3 is 2.76 bits per heavy atom. The summed E-state index contributed by atoms with van der Waals surface area (Å²) in [7, 11) is 0. The third-order valence-electron chi connectivity index (χ3n) is 6.26. The van der Waals surface area contributed by atoms with Crippen LogP contribution < -0.4 is 15.8 Å². The quantitative estimate of drug-likeness (QED) is 0.693. The Labute approximate surface area is 169 Å². The first-order valence-corrected chi connectivity index (χ1v) is 10.0. The summed E-state index contributed by atoms with van der Waals surface area (Å²) in [5, 5.41) is 6.01. The number of pyridine rings is 2. The zero-order valence-electron chi connectivity index (χ0n) is 16.4. The summed E-state index contributed by atoms with van der Waals surface area (Å²) >= 11 is 0. The lowest BCUT2D eigenvalue weighted by Crippen LogP contribution is -2.56. The monoisotopic (exact) mass is 388 g/mol. The maximum absolute atomic E-state index is 11.5. The van der Waals surface area contributed by atoms with Crippen molar-refractivity contribution in [2.24, 2.45) is 11.1 Å². The molecule has 0 bridgehead atoms. The molecule has 1 aromatic carbocycles. The molecule has 1 spiro atoms. The molecule has 0 aliphatic heterocycles. The lowest BCUT2D eigenvalue weighted by atomic mass is 9.53. The summed E-state index contributed by atoms with van der Waals surface area (Å²) in [5.41, 5.74) is 7.35. The van der Waals surface area contributed by atoms with Crippen molar-refractivity contribution in [2.75, 3.05) is 5.32 Å². The third kappa shape index (κ3) is 3.28. The van der Waals surface area contributed by atoms with E-state index in [1.54, 1.807) is 18.3 Å². The average Bonchev–Trinajstić information content (AvgIpc) is 2.64. The van der Waals surface area contributed by atoms with Gasteiger partial charge in [-0.3, -0.25) is 4.79 Å². The molecule has 3 N–H and O–H groups in total. The third-order valence-corrected chi connectivity index (χ3v) is 6.26. The maximum Gasteiger partial charge on any atom is 0.254 e. The number of rotatable bonds is 5. The smallest absolute Gasteiger partial charge is 0.254 e. The van der Waals surface area contributed by atoms with Gasteiger partial charge in [-0.05, 0) is 61.6 Å². The lowest BCUT2D eigenvalue weighted by Gasteiger charge is -2.57. The summed E-state index contributed by atoms with van der Waals surface area (Å²) in [6, 6.07) is 12.3. The molecule has 29 heavy (non-hydrogen) atoms. The molecule has 2 aromatic heterocycles. The van der Waals surface area contributed by atoms with E-state index in [2.05, 4.69) is 46.5 Å². The Hall–Kier alpha value is -3.15. The van der Waals surface area contributed by atoms with Gasteiger partial charge in [0, 0.05) is 23.8 Å². The number of nitrogens with zero attached hydrogens (tertiary/aromatic N) is 2. The highest BCUT2D eigenvalue weighted by Crippen LogP contribution is 2.57. The van der Waals surface area contributed by atoms with Crippen molar-refractivity contribution < 1.29 is 9.53 Å². The largest absolute Gasteiger partial charge is 0.474 e. The van der Waals surface area contributed by atoms with Crippen molar-refractivity contribution in [3.8, 4) is 5.88 Å². The van der Waals surface area contributed by atoms with Gasteiger partial charge in [0.05, 0.1) is 0 Å². The minimum atomic E-state index is -0.507. The molecule has 148 valence electrons. The van der Waals surface area contributed by atoms with Crippen LogP contribution in [-0.4, -0.2) is 28.0 Å². The molecule has 6 nitrogen and oxygen atoms in total. The predicted octanol–water partition coefficient (Wildman–Crippen LogP) is 3.84. The summed E-state index contributed by atoms with van der Waals surface area (Å²) < 4.78 is 5.95. The van der Waals surface area contributed by atoms with Crippen molar-refractivity contribution in [2.45, 2.75) is 44.8 Å². The van der Waals surface area contributed by atoms with E-state index in [1.165, 1.54) is 16.3 Å². The molecule has 2 saturated carbocycles. The lowest BCUT2D eigenvalue weighted by molar-refractivity contribution is -0.0759. The summed E-state index contributed by atoms with van der Waals surface area (Å²) in [5.74, 6) is 0.811. The standard InChI is InChI=1S/C23H24N4O2/c1-14-4-5-18-15(9-14)6-8-25-21(18)27-16-10-23(11-16)12-17(13-23)29-22-19(20(24)28)3-2-7-26-22/h2-9,16-17H,10-13H2,1H3,(H2,24,28)(H,25,27). The van der Waals surface area contributed by atoms with Crippen LogP contribution in [0.3, 0.4) is 0 Å². The number of aromatic nitrogens is 2. The molecule has 1 amide bonds. The van der Waals surface area contributed by atoms with Gasteiger partial charge in [-0.15, -0.1) is 0 Å². The molecular weight excluding hydrogens is 364 g/mol. The number of aryl methyl sites for hydroxylation is 1. The summed E-state index contributed by atoms with van der Waals surface area (Å²) in [6.45, 7) is 2.11. The van der Waals surface area contributed by atoms with Crippen molar-refractivity contribution in [3.05, 3.63) is 59.9 Å². The van der Waals surface area contributed by atoms with Crippen LogP contribution in [0.4, 0.5) is 5.82 Å². The molecule has 0 atom stereocenters. The van der Waals surface area contributed by atoms with E-state index in [-0.39, 0.29) is 6.10 Å². The highest BCUT2D eigenvalue weighted by Gasteiger charge is 2.54. The number of nitrogens with two attached hydrogens (primary N) is 1. The second kappa shape index (κ2) is 6.72. The van der Waals surface area contributed by atoms with Gasteiger partial charge in [0.1, 0.15) is 17.5 Å². The van der Waals surface area contributed by atoms with Crippen LogP contribution in [0.1, 0.15) is 41.6 Å². The molecule has 6 heteroatoms. The topological polar surface area (TPSA) is 90.1 Å². The Kier molecular flexibility index (Phi) is 4.15. The van der Waals surface area contributed by atoms with Crippen LogP contribution in [-0.2, 0) is 0 Å². The van der Waals surface area contributed by atoms with Crippen molar-refractivity contribution >= 4 is 22.5 Å². The van der Waals surface area contributed by atoms with E-state index < -0.39 is 5.91 Å². The van der Waals surface area contributed by atoms with Crippen LogP contribution in [0.25, 0.3) is 10.8 Å². The molecule has 0 unspecified atom stereocenters. The number of anilines is 1. The number of amides is 1. The van der Waals surface area contributed by atoms with Gasteiger partial charge >= 0.3 is 0 Å². The van der Waals surface area contributed by atoms with E-state index in [9.17, 15) is 4.79 Å². The molecule has 2 aliphatic carbocycles. The number of benzene rings is 1. The second-order valence-electron chi connectivity index (χ2n) is 8.50. The predicted molar refractivity (Wildman–Crippen MR) is 112 cm³/mol. The number of ether oxygens (including phenoxy) is 1. The number of hydrogen-bond donors (Lipinski definition) is 2.